The Morgan fingerprint density at radius 2 is 2.08 bits per heavy atom. The lowest BCUT2D eigenvalue weighted by molar-refractivity contribution is -0.147. The lowest BCUT2D eigenvalue weighted by atomic mass is 9.90. The molecule has 7 heteroatoms. The maximum atomic E-state index is 14.2. The van der Waals surface area contributed by atoms with Crippen molar-refractivity contribution in [1.29, 1.82) is 0 Å². The first-order valence-corrected chi connectivity index (χ1v) is 9.03. The molecule has 1 saturated carbocycles. The third-order valence-electron chi connectivity index (χ3n) is 5.19. The maximum Gasteiger partial charge on any atom is 0.252 e. The van der Waals surface area contributed by atoms with Crippen LogP contribution < -0.4 is 15.4 Å². The molecule has 1 aromatic rings. The molecule has 1 aliphatic carbocycles. The van der Waals surface area contributed by atoms with Crippen molar-refractivity contribution in [3.63, 3.8) is 0 Å². The van der Waals surface area contributed by atoms with Crippen LogP contribution in [-0.4, -0.2) is 38.3 Å². The third-order valence-corrected chi connectivity index (χ3v) is 5.19. The Kier molecular flexibility index (Phi) is 7.26. The Morgan fingerprint density at radius 3 is 2.65 bits per heavy atom. The number of carbonyl (C=O) groups is 1. The van der Waals surface area contributed by atoms with E-state index in [4.69, 9.17) is 9.47 Å². The van der Waals surface area contributed by atoms with Gasteiger partial charge in [-0.15, -0.1) is 12.4 Å². The van der Waals surface area contributed by atoms with E-state index in [1.54, 1.807) is 19.2 Å². The zero-order chi connectivity index (χ0) is 17.9. The lowest BCUT2D eigenvalue weighted by Crippen LogP contribution is -2.54. The standard InChI is InChI=1S/C19H27FN2O3.ClH/c1-13(22-18(23)19(24-2)7-9-21-10-8-19)15-5-6-17(16(20)11-15)25-12-14-3-4-14;/h5-6,11,13-14,21H,3-4,7-10,12H2,1-2H3,(H,22,23);1H. The zero-order valence-electron chi connectivity index (χ0n) is 15.3. The van der Waals surface area contributed by atoms with Crippen LogP contribution >= 0.6 is 12.4 Å². The monoisotopic (exact) mass is 386 g/mol. The normalized spacial score (nSPS) is 20.0. The number of rotatable bonds is 7. The van der Waals surface area contributed by atoms with Crippen molar-refractivity contribution in [2.45, 2.75) is 44.2 Å². The molecule has 0 radical (unpaired) electrons. The molecule has 1 saturated heterocycles. The molecule has 2 N–H and O–H groups in total. The SMILES string of the molecule is COC1(C(=O)NC(C)c2ccc(OCC3CC3)c(F)c2)CCNCC1.Cl. The Hall–Kier alpha value is -1.37. The van der Waals surface area contributed by atoms with E-state index >= 15 is 0 Å². The first-order chi connectivity index (χ1) is 12.0. The second-order valence-corrected chi connectivity index (χ2v) is 7.09. The van der Waals surface area contributed by atoms with Gasteiger partial charge in [-0.05, 0) is 69.3 Å². The molecule has 1 aromatic carbocycles. The predicted octanol–water partition coefficient (Wildman–Crippen LogP) is 2.98. The second kappa shape index (κ2) is 9.02. The highest BCUT2D eigenvalue weighted by molar-refractivity contribution is 5.86. The summed E-state index contributed by atoms with van der Waals surface area (Å²) in [4.78, 5) is 12.7. The molecule has 3 rings (SSSR count). The molecule has 1 amide bonds. The summed E-state index contributed by atoms with van der Waals surface area (Å²) in [5, 5.41) is 6.19. The van der Waals surface area contributed by atoms with E-state index in [0.29, 0.717) is 30.9 Å². The van der Waals surface area contributed by atoms with Gasteiger partial charge in [0.05, 0.1) is 12.6 Å². The van der Waals surface area contributed by atoms with Crippen molar-refractivity contribution < 1.29 is 18.7 Å². The molecule has 1 aliphatic heterocycles. The molecule has 1 unspecified atom stereocenters. The zero-order valence-corrected chi connectivity index (χ0v) is 16.2. The van der Waals surface area contributed by atoms with Gasteiger partial charge in [0.2, 0.25) is 0 Å². The third kappa shape index (κ3) is 4.87. The molecule has 2 aliphatic rings. The number of methoxy groups -OCH3 is 1. The number of amides is 1. The first kappa shape index (κ1) is 20.9. The van der Waals surface area contributed by atoms with E-state index in [0.717, 1.165) is 13.1 Å². The molecule has 0 bridgehead atoms. The minimum absolute atomic E-state index is 0. The molecular weight excluding hydrogens is 359 g/mol. The number of carbonyl (C=O) groups excluding carboxylic acids is 1. The van der Waals surface area contributed by atoms with E-state index in [1.165, 1.54) is 18.9 Å². The van der Waals surface area contributed by atoms with Gasteiger partial charge in [0.25, 0.3) is 5.91 Å². The van der Waals surface area contributed by atoms with E-state index in [2.05, 4.69) is 10.6 Å². The van der Waals surface area contributed by atoms with Gasteiger partial charge in [0.1, 0.15) is 5.60 Å². The van der Waals surface area contributed by atoms with Crippen molar-refractivity contribution in [3.05, 3.63) is 29.6 Å². The summed E-state index contributed by atoms with van der Waals surface area (Å²) in [6, 6.07) is 4.58. The highest BCUT2D eigenvalue weighted by Crippen LogP contribution is 2.31. The quantitative estimate of drug-likeness (QED) is 0.756. The molecular formula is C19H28ClFN2O3. The fraction of sp³-hybridized carbons (Fsp3) is 0.632. The number of ether oxygens (including phenoxy) is 2. The van der Waals surface area contributed by atoms with Gasteiger partial charge in [-0.25, -0.2) is 4.39 Å². The van der Waals surface area contributed by atoms with E-state index < -0.39 is 5.60 Å². The summed E-state index contributed by atoms with van der Waals surface area (Å²) >= 11 is 0. The van der Waals surface area contributed by atoms with Crippen LogP contribution in [0.25, 0.3) is 0 Å². The minimum Gasteiger partial charge on any atom is -0.490 e. The maximum absolute atomic E-state index is 14.2. The molecule has 1 atom stereocenters. The Balaban J connectivity index is 0.00000243. The summed E-state index contributed by atoms with van der Waals surface area (Å²) in [6.07, 6.45) is 3.59. The van der Waals surface area contributed by atoms with Crippen molar-refractivity contribution >= 4 is 18.3 Å². The Bertz CT molecular complexity index is 619. The highest BCUT2D eigenvalue weighted by atomic mass is 35.5. The largest absolute Gasteiger partial charge is 0.490 e. The van der Waals surface area contributed by atoms with Crippen molar-refractivity contribution in [1.82, 2.24) is 10.6 Å². The van der Waals surface area contributed by atoms with Gasteiger partial charge < -0.3 is 20.1 Å². The Labute approximate surface area is 160 Å². The van der Waals surface area contributed by atoms with Crippen LogP contribution in [0.4, 0.5) is 4.39 Å². The van der Waals surface area contributed by atoms with Crippen LogP contribution in [0.1, 0.15) is 44.2 Å². The summed E-state index contributed by atoms with van der Waals surface area (Å²) < 4.78 is 25.3. The number of halogens is 2. The summed E-state index contributed by atoms with van der Waals surface area (Å²) in [5.74, 6) is 0.328. The van der Waals surface area contributed by atoms with Crippen LogP contribution in [0.3, 0.4) is 0 Å². The molecule has 0 spiro atoms. The summed E-state index contributed by atoms with van der Waals surface area (Å²) in [5.41, 5.74) is -0.0874. The minimum atomic E-state index is -0.800. The lowest BCUT2D eigenvalue weighted by Gasteiger charge is -2.35. The van der Waals surface area contributed by atoms with Crippen molar-refractivity contribution in [3.8, 4) is 5.75 Å². The van der Waals surface area contributed by atoms with Gasteiger partial charge >= 0.3 is 0 Å². The number of benzene rings is 1. The highest BCUT2D eigenvalue weighted by Gasteiger charge is 2.40. The molecule has 26 heavy (non-hydrogen) atoms. The number of piperidine rings is 1. The van der Waals surface area contributed by atoms with Crippen molar-refractivity contribution in [2.24, 2.45) is 5.92 Å². The van der Waals surface area contributed by atoms with Gasteiger partial charge in [0.15, 0.2) is 11.6 Å². The van der Waals surface area contributed by atoms with Crippen LogP contribution in [0.5, 0.6) is 5.75 Å². The van der Waals surface area contributed by atoms with Gasteiger partial charge in [-0.2, -0.15) is 0 Å². The molecule has 146 valence electrons. The number of hydrogen-bond donors (Lipinski definition) is 2. The average Bonchev–Trinajstić information content (AvgIpc) is 3.45. The van der Waals surface area contributed by atoms with Crippen molar-refractivity contribution in [2.75, 3.05) is 26.8 Å². The van der Waals surface area contributed by atoms with Gasteiger partial charge in [0, 0.05) is 7.11 Å². The van der Waals surface area contributed by atoms with Crippen LogP contribution in [0.15, 0.2) is 18.2 Å². The van der Waals surface area contributed by atoms with Gasteiger partial charge in [-0.1, -0.05) is 6.07 Å². The fourth-order valence-electron chi connectivity index (χ4n) is 3.16. The summed E-state index contributed by atoms with van der Waals surface area (Å²) in [7, 11) is 1.57. The summed E-state index contributed by atoms with van der Waals surface area (Å²) in [6.45, 7) is 3.92. The molecule has 2 fully saturated rings. The van der Waals surface area contributed by atoms with E-state index in [9.17, 15) is 9.18 Å². The number of nitrogens with one attached hydrogen (secondary N) is 2. The van der Waals surface area contributed by atoms with E-state index in [-0.39, 0.29) is 35.9 Å². The molecule has 0 aromatic heterocycles. The topological polar surface area (TPSA) is 59.6 Å². The first-order valence-electron chi connectivity index (χ1n) is 9.03. The van der Waals surface area contributed by atoms with Crippen LogP contribution in [-0.2, 0) is 9.53 Å². The fourth-order valence-corrected chi connectivity index (χ4v) is 3.16. The predicted molar refractivity (Wildman–Crippen MR) is 100 cm³/mol. The van der Waals surface area contributed by atoms with Crippen LogP contribution in [0.2, 0.25) is 0 Å². The van der Waals surface area contributed by atoms with Crippen LogP contribution in [0, 0.1) is 11.7 Å². The average molecular weight is 387 g/mol. The van der Waals surface area contributed by atoms with E-state index in [1.807, 2.05) is 6.92 Å². The second-order valence-electron chi connectivity index (χ2n) is 7.09. The number of hydrogen-bond acceptors (Lipinski definition) is 4. The smallest absolute Gasteiger partial charge is 0.252 e. The van der Waals surface area contributed by atoms with Gasteiger partial charge in [-0.3, -0.25) is 4.79 Å². The Morgan fingerprint density at radius 1 is 1.38 bits per heavy atom. The molecule has 1 heterocycles. The molecule has 5 nitrogen and oxygen atoms in total.